The molecule has 3 saturated carbocycles. The van der Waals surface area contributed by atoms with Crippen LogP contribution in [0.25, 0.3) is 11.1 Å². The molecular weight excluding hydrogens is 558 g/mol. The van der Waals surface area contributed by atoms with Gasteiger partial charge < -0.3 is 31.0 Å². The van der Waals surface area contributed by atoms with Crippen LogP contribution in [0, 0.1) is 29.1 Å². The van der Waals surface area contributed by atoms with Crippen LogP contribution in [-0.2, 0) is 16.2 Å². The first-order valence-electron chi connectivity index (χ1n) is 15.7. The minimum atomic E-state index is -0.797. The van der Waals surface area contributed by atoms with E-state index in [2.05, 4.69) is 31.2 Å². The lowest BCUT2D eigenvalue weighted by Crippen LogP contribution is -2.62. The van der Waals surface area contributed by atoms with E-state index in [4.69, 9.17) is 15.3 Å². The average molecular weight is 608 g/mol. The van der Waals surface area contributed by atoms with Gasteiger partial charge in [0, 0.05) is 49.4 Å². The zero-order chi connectivity index (χ0) is 31.9. The fourth-order valence-electron chi connectivity index (χ4n) is 8.06. The first kappa shape index (κ1) is 32.2. The van der Waals surface area contributed by atoms with Gasteiger partial charge in [0.15, 0.2) is 0 Å². The van der Waals surface area contributed by atoms with Gasteiger partial charge >= 0.3 is 0 Å². The lowest BCUT2D eigenvalue weighted by molar-refractivity contribution is -0.175. The molecular formula is C34H49N5O5. The Labute approximate surface area is 261 Å². The Hall–Kier alpha value is -3.18. The summed E-state index contributed by atoms with van der Waals surface area (Å²) in [6.45, 7) is 9.09. The highest BCUT2D eigenvalue weighted by molar-refractivity contribution is 5.86. The molecule has 10 nitrogen and oxygen atoms in total. The third-order valence-corrected chi connectivity index (χ3v) is 10.7. The SMILES string of the molecule is COc1c(CN2O[C@@H](CN)[C@@H]([C@H](C)O)[C@H]2C(=O)N[C@H]2C[C@H]3C[C@@H]([C@@H]2C)C3(C)C)cccc1-c1cc(/C=N\O)cc(N(C)C)c1. The number of hydrogen-bond acceptors (Lipinski definition) is 9. The van der Waals surface area contributed by atoms with Crippen molar-refractivity contribution in [1.29, 1.82) is 0 Å². The van der Waals surface area contributed by atoms with Gasteiger partial charge in [0.05, 0.1) is 32.1 Å². The number of hydroxylamine groups is 2. The average Bonchev–Trinajstić information content (AvgIpc) is 3.36. The second-order valence-electron chi connectivity index (χ2n) is 13.7. The lowest BCUT2D eigenvalue weighted by atomic mass is 9.45. The topological polar surface area (TPSA) is 133 Å². The van der Waals surface area contributed by atoms with Crippen LogP contribution in [0.2, 0.25) is 0 Å². The first-order valence-corrected chi connectivity index (χ1v) is 15.7. The number of para-hydroxylation sites is 1. The molecule has 1 heterocycles. The van der Waals surface area contributed by atoms with E-state index in [1.807, 2.05) is 55.4 Å². The van der Waals surface area contributed by atoms with E-state index in [-0.39, 0.29) is 25.0 Å². The van der Waals surface area contributed by atoms with E-state index in [0.717, 1.165) is 34.4 Å². The number of carbonyl (C=O) groups is 1. The van der Waals surface area contributed by atoms with Crippen LogP contribution in [0.15, 0.2) is 41.6 Å². The van der Waals surface area contributed by atoms with Crippen LogP contribution in [0.5, 0.6) is 5.75 Å². The summed E-state index contributed by atoms with van der Waals surface area (Å²) >= 11 is 0. The molecule has 1 aliphatic heterocycles. The summed E-state index contributed by atoms with van der Waals surface area (Å²) in [5.41, 5.74) is 10.7. The van der Waals surface area contributed by atoms with Gasteiger partial charge in [-0.25, -0.2) is 0 Å². The molecule has 240 valence electrons. The maximum Gasteiger partial charge on any atom is 0.240 e. The smallest absolute Gasteiger partial charge is 0.240 e. The first-order chi connectivity index (χ1) is 20.9. The molecule has 0 spiro atoms. The van der Waals surface area contributed by atoms with Crippen LogP contribution in [0.1, 0.15) is 51.7 Å². The fourth-order valence-corrected chi connectivity index (χ4v) is 8.06. The maximum absolute atomic E-state index is 14.1. The Morgan fingerprint density at radius 3 is 2.64 bits per heavy atom. The molecule has 44 heavy (non-hydrogen) atoms. The van der Waals surface area contributed by atoms with E-state index in [9.17, 15) is 15.1 Å². The Morgan fingerprint density at radius 1 is 1.30 bits per heavy atom. The Kier molecular flexibility index (Phi) is 9.28. The molecule has 2 bridgehead atoms. The third kappa shape index (κ3) is 5.80. The van der Waals surface area contributed by atoms with Crippen LogP contribution >= 0.6 is 0 Å². The molecule has 4 fully saturated rings. The number of amides is 1. The summed E-state index contributed by atoms with van der Waals surface area (Å²) < 4.78 is 5.98. The summed E-state index contributed by atoms with van der Waals surface area (Å²) in [6.07, 6.45) is 2.29. The zero-order valence-electron chi connectivity index (χ0n) is 27.0. The number of nitrogens with two attached hydrogens (primary N) is 1. The minimum absolute atomic E-state index is 0.0891. The second kappa shape index (κ2) is 12.7. The van der Waals surface area contributed by atoms with Gasteiger partial charge in [-0.05, 0) is 72.3 Å². The summed E-state index contributed by atoms with van der Waals surface area (Å²) in [5.74, 6) is 1.60. The molecule has 1 amide bonds. The Balaban J connectivity index is 1.46. The van der Waals surface area contributed by atoms with Gasteiger partial charge in [-0.3, -0.25) is 9.63 Å². The number of aliphatic hydroxyl groups excluding tert-OH is 1. The van der Waals surface area contributed by atoms with E-state index >= 15 is 0 Å². The molecule has 3 aliphatic carbocycles. The summed E-state index contributed by atoms with van der Waals surface area (Å²) in [7, 11) is 5.53. The monoisotopic (exact) mass is 607 g/mol. The molecule has 5 N–H and O–H groups in total. The van der Waals surface area contributed by atoms with E-state index < -0.39 is 24.2 Å². The largest absolute Gasteiger partial charge is 0.496 e. The number of fused-ring (bicyclic) bond motifs is 2. The van der Waals surface area contributed by atoms with Crippen molar-refractivity contribution >= 4 is 17.8 Å². The molecule has 6 rings (SSSR count). The minimum Gasteiger partial charge on any atom is -0.496 e. The highest BCUT2D eigenvalue weighted by Gasteiger charge is 2.57. The van der Waals surface area contributed by atoms with Gasteiger partial charge in [-0.1, -0.05) is 44.1 Å². The van der Waals surface area contributed by atoms with E-state index in [1.165, 1.54) is 12.6 Å². The number of carbonyl (C=O) groups excluding carboxylic acids is 1. The number of hydrogen-bond donors (Lipinski definition) is 4. The number of methoxy groups -OCH3 is 1. The summed E-state index contributed by atoms with van der Waals surface area (Å²) in [4.78, 5) is 22.4. The van der Waals surface area contributed by atoms with Crippen molar-refractivity contribution in [1.82, 2.24) is 10.4 Å². The number of anilines is 1. The molecule has 2 aromatic rings. The maximum atomic E-state index is 14.1. The molecule has 0 unspecified atom stereocenters. The van der Waals surface area contributed by atoms with Crippen LogP contribution < -0.4 is 20.7 Å². The highest BCUT2D eigenvalue weighted by Crippen LogP contribution is 2.61. The molecule has 2 aromatic carbocycles. The van der Waals surface area contributed by atoms with Gasteiger partial charge in [0.2, 0.25) is 5.91 Å². The number of benzene rings is 2. The number of nitrogens with one attached hydrogen (secondary N) is 1. The lowest BCUT2D eigenvalue weighted by Gasteiger charge is -2.62. The van der Waals surface area contributed by atoms with Gasteiger partial charge in [-0.2, -0.15) is 5.06 Å². The van der Waals surface area contributed by atoms with Crippen LogP contribution in [0.4, 0.5) is 5.69 Å². The second-order valence-corrected chi connectivity index (χ2v) is 13.7. The normalized spacial score (nSPS) is 30.2. The number of oxime groups is 1. The molecule has 4 aliphatic rings. The quantitative estimate of drug-likeness (QED) is 0.182. The van der Waals surface area contributed by atoms with Crippen molar-refractivity contribution in [2.24, 2.45) is 40.0 Å². The summed E-state index contributed by atoms with van der Waals surface area (Å²) in [6, 6.07) is 11.2. The van der Waals surface area contributed by atoms with Crippen LogP contribution in [-0.4, -0.2) is 79.5 Å². The Bertz CT molecular complexity index is 1380. The van der Waals surface area contributed by atoms with Gasteiger partial charge in [0.1, 0.15) is 11.8 Å². The van der Waals surface area contributed by atoms with Crippen molar-refractivity contribution in [2.45, 2.75) is 71.4 Å². The number of aliphatic hydroxyl groups is 1. The van der Waals surface area contributed by atoms with Gasteiger partial charge in [0.25, 0.3) is 0 Å². The van der Waals surface area contributed by atoms with Crippen molar-refractivity contribution in [2.75, 3.05) is 32.6 Å². The predicted molar refractivity (Wildman–Crippen MR) is 172 cm³/mol. The number of rotatable bonds is 10. The van der Waals surface area contributed by atoms with Gasteiger partial charge in [-0.15, -0.1) is 0 Å². The predicted octanol–water partition coefficient (Wildman–Crippen LogP) is 3.86. The summed E-state index contributed by atoms with van der Waals surface area (Å²) in [5, 5.41) is 28.3. The van der Waals surface area contributed by atoms with Crippen molar-refractivity contribution < 1.29 is 24.7 Å². The molecule has 0 aromatic heterocycles. The Morgan fingerprint density at radius 2 is 2.05 bits per heavy atom. The molecule has 8 atom stereocenters. The fraction of sp³-hybridized carbons (Fsp3) is 0.588. The molecule has 10 heteroatoms. The van der Waals surface area contributed by atoms with Crippen LogP contribution in [0.3, 0.4) is 0 Å². The van der Waals surface area contributed by atoms with E-state index in [1.54, 1.807) is 19.1 Å². The van der Waals surface area contributed by atoms with Crippen molar-refractivity contribution in [3.8, 4) is 16.9 Å². The highest BCUT2D eigenvalue weighted by atomic mass is 16.7. The standard InChI is InChI=1S/C34H49N5O5/c1-19-27-14-24(34(27,3)4)15-28(19)37-33(41)31-30(20(2)40)29(16-35)44-39(31)18-22-9-8-10-26(32(22)43-7)23-11-21(17-36-42)12-25(13-23)38(5)6/h8-13,17,19-20,24,27-31,40,42H,14-16,18,35H2,1-7H3,(H,37,41)/b36-17-/t19-,20-,24+,27-,28-,29-,30+,31-/m0/s1. The van der Waals surface area contributed by atoms with E-state index in [0.29, 0.717) is 28.9 Å². The molecule has 1 saturated heterocycles. The van der Waals surface area contributed by atoms with Crippen molar-refractivity contribution in [3.63, 3.8) is 0 Å². The number of nitrogens with zero attached hydrogens (tertiary/aromatic N) is 3. The molecule has 0 radical (unpaired) electrons. The number of ether oxygens (including phenoxy) is 1. The zero-order valence-corrected chi connectivity index (χ0v) is 27.0. The third-order valence-electron chi connectivity index (χ3n) is 10.7. The van der Waals surface area contributed by atoms with Crippen molar-refractivity contribution in [3.05, 3.63) is 47.5 Å².